The van der Waals surface area contributed by atoms with Gasteiger partial charge in [0.2, 0.25) is 0 Å². The van der Waals surface area contributed by atoms with Crippen molar-refractivity contribution < 1.29 is 13.2 Å². The SMILES string of the molecule is N#Cc1ccc(S(=O)(=O)Nc2ccc(N3CCOCC3)cc2)cc1. The van der Waals surface area contributed by atoms with Crippen molar-refractivity contribution in [1.82, 2.24) is 0 Å². The van der Waals surface area contributed by atoms with Crippen LogP contribution in [0.3, 0.4) is 0 Å². The number of hydrogen-bond donors (Lipinski definition) is 1. The first-order chi connectivity index (χ1) is 11.6. The second-order valence-electron chi connectivity index (χ2n) is 5.39. The number of benzene rings is 2. The van der Waals surface area contributed by atoms with Crippen LogP contribution >= 0.6 is 0 Å². The lowest BCUT2D eigenvalue weighted by molar-refractivity contribution is 0.122. The molecule has 0 radical (unpaired) electrons. The molecule has 0 spiro atoms. The molecule has 1 heterocycles. The van der Waals surface area contributed by atoms with Gasteiger partial charge in [-0.2, -0.15) is 5.26 Å². The lowest BCUT2D eigenvalue weighted by atomic mass is 10.2. The second kappa shape index (κ2) is 6.91. The molecule has 1 aliphatic rings. The van der Waals surface area contributed by atoms with Crippen LogP contribution < -0.4 is 9.62 Å². The Morgan fingerprint density at radius 1 is 1.00 bits per heavy atom. The highest BCUT2D eigenvalue weighted by Crippen LogP contribution is 2.21. The van der Waals surface area contributed by atoms with Gasteiger partial charge in [0.1, 0.15) is 0 Å². The molecule has 1 fully saturated rings. The molecule has 0 saturated carbocycles. The van der Waals surface area contributed by atoms with Gasteiger partial charge in [0.15, 0.2) is 0 Å². The molecule has 1 aliphatic heterocycles. The maximum absolute atomic E-state index is 12.4. The van der Waals surface area contributed by atoms with E-state index in [0.29, 0.717) is 24.5 Å². The zero-order valence-electron chi connectivity index (χ0n) is 13.0. The lowest BCUT2D eigenvalue weighted by Gasteiger charge is -2.28. The minimum atomic E-state index is -3.67. The summed E-state index contributed by atoms with van der Waals surface area (Å²) in [6, 6.07) is 15.0. The zero-order valence-corrected chi connectivity index (χ0v) is 13.8. The monoisotopic (exact) mass is 343 g/mol. The number of nitrogens with one attached hydrogen (secondary N) is 1. The first-order valence-electron chi connectivity index (χ1n) is 7.54. The molecule has 1 saturated heterocycles. The third kappa shape index (κ3) is 3.67. The molecule has 0 aliphatic carbocycles. The number of anilines is 2. The Morgan fingerprint density at radius 2 is 1.62 bits per heavy atom. The maximum Gasteiger partial charge on any atom is 0.261 e. The normalized spacial score (nSPS) is 14.9. The van der Waals surface area contributed by atoms with E-state index in [4.69, 9.17) is 10.00 Å². The van der Waals surface area contributed by atoms with Gasteiger partial charge in [-0.05, 0) is 48.5 Å². The summed E-state index contributed by atoms with van der Waals surface area (Å²) in [4.78, 5) is 2.32. The van der Waals surface area contributed by atoms with Crippen LogP contribution in [0.25, 0.3) is 0 Å². The summed E-state index contributed by atoms with van der Waals surface area (Å²) in [6.07, 6.45) is 0. The van der Waals surface area contributed by atoms with Gasteiger partial charge in [0, 0.05) is 24.5 Å². The summed E-state index contributed by atoms with van der Waals surface area (Å²) < 4.78 is 32.6. The van der Waals surface area contributed by atoms with Crippen molar-refractivity contribution in [2.45, 2.75) is 4.90 Å². The highest BCUT2D eigenvalue weighted by Gasteiger charge is 2.15. The Balaban J connectivity index is 1.73. The van der Waals surface area contributed by atoms with Crippen LogP contribution in [0.4, 0.5) is 11.4 Å². The van der Waals surface area contributed by atoms with E-state index in [1.807, 2.05) is 18.2 Å². The lowest BCUT2D eigenvalue weighted by Crippen LogP contribution is -2.36. The van der Waals surface area contributed by atoms with Crippen LogP contribution in [0.5, 0.6) is 0 Å². The number of sulfonamides is 1. The van der Waals surface area contributed by atoms with Crippen molar-refractivity contribution in [2.24, 2.45) is 0 Å². The third-order valence-electron chi connectivity index (χ3n) is 3.79. The Labute approximate surface area is 141 Å². The molecular weight excluding hydrogens is 326 g/mol. The number of ether oxygens (including phenoxy) is 1. The van der Waals surface area contributed by atoms with Crippen LogP contribution in [0.15, 0.2) is 53.4 Å². The molecule has 2 aromatic rings. The van der Waals surface area contributed by atoms with E-state index in [-0.39, 0.29) is 4.90 Å². The van der Waals surface area contributed by atoms with Crippen LogP contribution in [-0.4, -0.2) is 34.7 Å². The summed E-state index contributed by atoms with van der Waals surface area (Å²) >= 11 is 0. The van der Waals surface area contributed by atoms with E-state index in [2.05, 4.69) is 9.62 Å². The van der Waals surface area contributed by atoms with Crippen molar-refractivity contribution in [3.8, 4) is 6.07 Å². The molecule has 0 atom stereocenters. The van der Waals surface area contributed by atoms with Gasteiger partial charge in [0.25, 0.3) is 10.0 Å². The fraction of sp³-hybridized carbons (Fsp3) is 0.235. The van der Waals surface area contributed by atoms with Crippen molar-refractivity contribution in [3.63, 3.8) is 0 Å². The Bertz CT molecular complexity index is 834. The molecule has 0 bridgehead atoms. The quantitative estimate of drug-likeness (QED) is 0.920. The smallest absolute Gasteiger partial charge is 0.261 e. The van der Waals surface area contributed by atoms with E-state index in [9.17, 15) is 8.42 Å². The highest BCUT2D eigenvalue weighted by atomic mass is 32.2. The molecule has 7 heteroatoms. The summed E-state index contributed by atoms with van der Waals surface area (Å²) in [6.45, 7) is 3.06. The van der Waals surface area contributed by atoms with Crippen molar-refractivity contribution >= 4 is 21.4 Å². The number of rotatable bonds is 4. The standard InChI is InChI=1S/C17H17N3O3S/c18-13-14-1-7-17(8-2-14)24(21,22)19-15-3-5-16(6-4-15)20-9-11-23-12-10-20/h1-8,19H,9-12H2. The second-order valence-corrected chi connectivity index (χ2v) is 7.07. The summed E-state index contributed by atoms with van der Waals surface area (Å²) in [5, 5.41) is 8.77. The van der Waals surface area contributed by atoms with Crippen LogP contribution in [0.2, 0.25) is 0 Å². The molecule has 3 rings (SSSR count). The van der Waals surface area contributed by atoms with E-state index in [1.165, 1.54) is 24.3 Å². The van der Waals surface area contributed by atoms with Gasteiger partial charge in [-0.1, -0.05) is 0 Å². The Morgan fingerprint density at radius 3 is 2.21 bits per heavy atom. The fourth-order valence-corrected chi connectivity index (χ4v) is 3.54. The number of nitrogens with zero attached hydrogens (tertiary/aromatic N) is 2. The minimum absolute atomic E-state index is 0.124. The largest absolute Gasteiger partial charge is 0.378 e. The zero-order chi connectivity index (χ0) is 17.0. The first-order valence-corrected chi connectivity index (χ1v) is 9.02. The topological polar surface area (TPSA) is 82.4 Å². The first kappa shape index (κ1) is 16.3. The van der Waals surface area contributed by atoms with Gasteiger partial charge >= 0.3 is 0 Å². The van der Waals surface area contributed by atoms with E-state index in [0.717, 1.165) is 18.8 Å². The van der Waals surface area contributed by atoms with E-state index < -0.39 is 10.0 Å². The van der Waals surface area contributed by atoms with Gasteiger partial charge in [-0.25, -0.2) is 8.42 Å². The predicted octanol–water partition coefficient (Wildman–Crippen LogP) is 2.20. The predicted molar refractivity (Wildman–Crippen MR) is 91.4 cm³/mol. The van der Waals surface area contributed by atoms with Crippen molar-refractivity contribution in [2.75, 3.05) is 35.9 Å². The summed E-state index contributed by atoms with van der Waals surface area (Å²) in [5.41, 5.74) is 1.96. The molecule has 0 unspecified atom stereocenters. The minimum Gasteiger partial charge on any atom is -0.378 e. The van der Waals surface area contributed by atoms with Gasteiger partial charge < -0.3 is 9.64 Å². The third-order valence-corrected chi connectivity index (χ3v) is 5.19. The summed E-state index contributed by atoms with van der Waals surface area (Å²) in [7, 11) is -3.67. The molecular formula is C17H17N3O3S. The Hall–Kier alpha value is -2.56. The van der Waals surface area contributed by atoms with Crippen LogP contribution in [0.1, 0.15) is 5.56 Å². The summed E-state index contributed by atoms with van der Waals surface area (Å²) in [5.74, 6) is 0. The molecule has 0 amide bonds. The van der Waals surface area contributed by atoms with E-state index >= 15 is 0 Å². The molecule has 6 nitrogen and oxygen atoms in total. The molecule has 1 N–H and O–H groups in total. The fourth-order valence-electron chi connectivity index (χ4n) is 2.48. The Kier molecular flexibility index (Phi) is 4.69. The van der Waals surface area contributed by atoms with Crippen molar-refractivity contribution in [3.05, 3.63) is 54.1 Å². The molecule has 2 aromatic carbocycles. The van der Waals surface area contributed by atoms with Gasteiger partial charge in [-0.3, -0.25) is 4.72 Å². The average Bonchev–Trinajstić information content (AvgIpc) is 2.63. The average molecular weight is 343 g/mol. The van der Waals surface area contributed by atoms with Gasteiger partial charge in [0.05, 0.1) is 29.7 Å². The molecule has 24 heavy (non-hydrogen) atoms. The molecule has 0 aromatic heterocycles. The maximum atomic E-state index is 12.4. The molecule has 124 valence electrons. The van der Waals surface area contributed by atoms with Crippen LogP contribution in [-0.2, 0) is 14.8 Å². The van der Waals surface area contributed by atoms with E-state index in [1.54, 1.807) is 12.1 Å². The van der Waals surface area contributed by atoms with Crippen LogP contribution in [0, 0.1) is 11.3 Å². The van der Waals surface area contributed by atoms with Gasteiger partial charge in [-0.15, -0.1) is 0 Å². The number of morpholine rings is 1. The van der Waals surface area contributed by atoms with Crippen molar-refractivity contribution in [1.29, 1.82) is 5.26 Å². The number of nitriles is 1. The number of hydrogen-bond acceptors (Lipinski definition) is 5. The highest BCUT2D eigenvalue weighted by molar-refractivity contribution is 7.92.